The Morgan fingerprint density at radius 1 is 1.38 bits per heavy atom. The first-order valence-electron chi connectivity index (χ1n) is 6.67. The third-order valence-electron chi connectivity index (χ3n) is 3.90. The normalized spacial score (nSPS) is 17.0. The number of nitriles is 1. The summed E-state index contributed by atoms with van der Waals surface area (Å²) in [5, 5.41) is 8.83. The predicted octanol–water partition coefficient (Wildman–Crippen LogP) is 1.84. The van der Waals surface area contributed by atoms with Crippen LogP contribution in [0, 0.1) is 18.3 Å². The highest BCUT2D eigenvalue weighted by atomic mass is 35.5. The molecule has 7 heteroatoms. The number of aryl methyl sites for hydroxylation is 1. The molecular weight excluding hydrogens is 310 g/mol. The molecule has 0 atom stereocenters. The van der Waals surface area contributed by atoms with Crippen molar-refractivity contribution in [1.29, 1.82) is 5.26 Å². The maximum Gasteiger partial charge on any atom is 0.241 e. The lowest BCUT2D eigenvalue weighted by Gasteiger charge is -2.28. The summed E-state index contributed by atoms with van der Waals surface area (Å²) in [6, 6.07) is 6.59. The van der Waals surface area contributed by atoms with Crippen LogP contribution in [0.5, 0.6) is 0 Å². The summed E-state index contributed by atoms with van der Waals surface area (Å²) in [5.74, 6) is 0. The number of hydrogen-bond acceptors (Lipinski definition) is 4. The smallest absolute Gasteiger partial charge is 0.241 e. The van der Waals surface area contributed by atoms with E-state index < -0.39 is 15.6 Å². The maximum atomic E-state index is 12.5. The molecule has 1 aromatic rings. The molecule has 2 rings (SSSR count). The van der Waals surface area contributed by atoms with Crippen molar-refractivity contribution in [1.82, 2.24) is 4.72 Å². The molecule has 0 radical (unpaired) electrons. The van der Waals surface area contributed by atoms with Gasteiger partial charge in [0.05, 0.1) is 16.5 Å². The number of rotatable bonds is 4. The van der Waals surface area contributed by atoms with Gasteiger partial charge < -0.3 is 5.73 Å². The van der Waals surface area contributed by atoms with E-state index in [0.29, 0.717) is 17.7 Å². The first kappa shape index (κ1) is 17.9. The minimum Gasteiger partial charge on any atom is -0.329 e. The average Bonchev–Trinajstić information content (AvgIpc) is 2.86. The summed E-state index contributed by atoms with van der Waals surface area (Å²) in [4.78, 5) is 0.219. The second-order valence-electron chi connectivity index (χ2n) is 5.39. The van der Waals surface area contributed by atoms with Gasteiger partial charge in [0.1, 0.15) is 0 Å². The van der Waals surface area contributed by atoms with Gasteiger partial charge in [-0.1, -0.05) is 12.8 Å². The average molecular weight is 330 g/mol. The molecule has 0 unspecified atom stereocenters. The van der Waals surface area contributed by atoms with Gasteiger partial charge in [-0.15, -0.1) is 12.4 Å². The molecule has 0 aliphatic heterocycles. The van der Waals surface area contributed by atoms with Crippen LogP contribution < -0.4 is 10.5 Å². The molecule has 0 heterocycles. The Hall–Kier alpha value is -1.13. The molecule has 1 aromatic carbocycles. The Balaban J connectivity index is 0.00000220. The molecule has 0 bridgehead atoms. The van der Waals surface area contributed by atoms with Gasteiger partial charge >= 0.3 is 0 Å². The largest absolute Gasteiger partial charge is 0.329 e. The van der Waals surface area contributed by atoms with Crippen molar-refractivity contribution in [2.75, 3.05) is 6.54 Å². The molecule has 5 nitrogen and oxygen atoms in total. The summed E-state index contributed by atoms with van der Waals surface area (Å²) < 4.78 is 27.8. The van der Waals surface area contributed by atoms with Gasteiger partial charge in [-0.25, -0.2) is 13.1 Å². The molecule has 116 valence electrons. The zero-order valence-corrected chi connectivity index (χ0v) is 13.6. The number of hydrogen-bond donors (Lipinski definition) is 2. The van der Waals surface area contributed by atoms with Gasteiger partial charge in [0, 0.05) is 12.1 Å². The monoisotopic (exact) mass is 329 g/mol. The van der Waals surface area contributed by atoms with Crippen LogP contribution in [-0.2, 0) is 10.0 Å². The lowest BCUT2D eigenvalue weighted by atomic mass is 10.0. The molecule has 1 fully saturated rings. The molecule has 0 amide bonds. The summed E-state index contributed by atoms with van der Waals surface area (Å²) >= 11 is 0. The quantitative estimate of drug-likeness (QED) is 0.880. The molecule has 0 saturated heterocycles. The van der Waals surface area contributed by atoms with E-state index >= 15 is 0 Å². The van der Waals surface area contributed by atoms with E-state index in [1.807, 2.05) is 6.07 Å². The van der Waals surface area contributed by atoms with Gasteiger partial charge in [0.15, 0.2) is 0 Å². The van der Waals surface area contributed by atoms with Crippen molar-refractivity contribution in [2.24, 2.45) is 5.73 Å². The van der Waals surface area contributed by atoms with Crippen molar-refractivity contribution in [3.63, 3.8) is 0 Å². The minimum atomic E-state index is -3.61. The second-order valence-corrected chi connectivity index (χ2v) is 7.04. The minimum absolute atomic E-state index is 0. The first-order chi connectivity index (χ1) is 9.42. The van der Waals surface area contributed by atoms with Gasteiger partial charge in [-0.3, -0.25) is 0 Å². The SMILES string of the molecule is Cc1cc(C#N)ccc1S(=O)(=O)NC1(CN)CCCC1.Cl. The number of nitrogens with zero attached hydrogens (tertiary/aromatic N) is 1. The summed E-state index contributed by atoms with van der Waals surface area (Å²) in [5.41, 5.74) is 6.28. The van der Waals surface area contributed by atoms with Gasteiger partial charge in [-0.2, -0.15) is 5.26 Å². The Labute approximate surface area is 132 Å². The van der Waals surface area contributed by atoms with Gasteiger partial charge in [-0.05, 0) is 43.5 Å². The zero-order valence-electron chi connectivity index (χ0n) is 11.9. The lowest BCUT2D eigenvalue weighted by Crippen LogP contribution is -2.51. The van der Waals surface area contributed by atoms with Crippen LogP contribution >= 0.6 is 12.4 Å². The highest BCUT2D eigenvalue weighted by Crippen LogP contribution is 2.30. The third kappa shape index (κ3) is 3.74. The lowest BCUT2D eigenvalue weighted by molar-refractivity contribution is 0.399. The highest BCUT2D eigenvalue weighted by molar-refractivity contribution is 7.89. The molecule has 1 saturated carbocycles. The van der Waals surface area contributed by atoms with Gasteiger partial charge in [0.25, 0.3) is 0 Å². The van der Waals surface area contributed by atoms with E-state index in [9.17, 15) is 8.42 Å². The van der Waals surface area contributed by atoms with E-state index in [2.05, 4.69) is 4.72 Å². The fourth-order valence-corrected chi connectivity index (χ4v) is 4.46. The standard InChI is InChI=1S/C14H19N3O2S.ClH/c1-11-8-12(9-15)4-5-13(11)20(18,19)17-14(10-16)6-2-3-7-14;/h4-5,8,17H,2-3,6-7,10,16H2,1H3;1H. The van der Waals surface area contributed by atoms with Crippen LogP contribution in [0.3, 0.4) is 0 Å². The van der Waals surface area contributed by atoms with Crippen molar-refractivity contribution in [3.8, 4) is 6.07 Å². The fourth-order valence-electron chi connectivity index (χ4n) is 2.76. The zero-order chi connectivity index (χ0) is 14.8. The van der Waals surface area contributed by atoms with E-state index in [1.54, 1.807) is 13.0 Å². The Kier molecular flexibility index (Phi) is 5.76. The van der Waals surface area contributed by atoms with E-state index in [4.69, 9.17) is 11.0 Å². The van der Waals surface area contributed by atoms with E-state index in [0.717, 1.165) is 25.7 Å². The summed E-state index contributed by atoms with van der Waals surface area (Å²) in [7, 11) is -3.61. The van der Waals surface area contributed by atoms with Crippen molar-refractivity contribution < 1.29 is 8.42 Å². The fraction of sp³-hybridized carbons (Fsp3) is 0.500. The second kappa shape index (κ2) is 6.75. The third-order valence-corrected chi connectivity index (χ3v) is 5.63. The van der Waals surface area contributed by atoms with Crippen LogP contribution in [0.2, 0.25) is 0 Å². The summed E-state index contributed by atoms with van der Waals surface area (Å²) in [6.45, 7) is 2.00. The molecule has 21 heavy (non-hydrogen) atoms. The van der Waals surface area contributed by atoms with E-state index in [-0.39, 0.29) is 17.3 Å². The van der Waals surface area contributed by atoms with Crippen molar-refractivity contribution in [2.45, 2.75) is 43.0 Å². The number of nitrogens with one attached hydrogen (secondary N) is 1. The van der Waals surface area contributed by atoms with E-state index in [1.165, 1.54) is 12.1 Å². The molecule has 0 aromatic heterocycles. The topological polar surface area (TPSA) is 96.0 Å². The van der Waals surface area contributed by atoms with Crippen LogP contribution in [-0.4, -0.2) is 20.5 Å². The molecule has 1 aliphatic carbocycles. The van der Waals surface area contributed by atoms with Crippen LogP contribution in [0.4, 0.5) is 0 Å². The van der Waals surface area contributed by atoms with Crippen LogP contribution in [0.15, 0.2) is 23.1 Å². The Morgan fingerprint density at radius 2 is 2.00 bits per heavy atom. The number of benzene rings is 1. The number of nitrogens with two attached hydrogens (primary N) is 1. The Bertz CT molecular complexity index is 647. The molecule has 3 N–H and O–H groups in total. The molecular formula is C14H20ClN3O2S. The Morgan fingerprint density at radius 3 is 2.48 bits per heavy atom. The number of sulfonamides is 1. The first-order valence-corrected chi connectivity index (χ1v) is 8.16. The highest BCUT2D eigenvalue weighted by Gasteiger charge is 2.37. The predicted molar refractivity (Wildman–Crippen MR) is 83.7 cm³/mol. The maximum absolute atomic E-state index is 12.5. The van der Waals surface area contributed by atoms with Crippen LogP contribution in [0.25, 0.3) is 0 Å². The molecule has 1 aliphatic rings. The summed E-state index contributed by atoms with van der Waals surface area (Å²) in [6.07, 6.45) is 3.54. The van der Waals surface area contributed by atoms with Gasteiger partial charge in [0.2, 0.25) is 10.0 Å². The molecule has 0 spiro atoms. The van der Waals surface area contributed by atoms with Crippen LogP contribution in [0.1, 0.15) is 36.8 Å². The van der Waals surface area contributed by atoms with Crippen molar-refractivity contribution >= 4 is 22.4 Å². The number of halogens is 1. The van der Waals surface area contributed by atoms with Crippen molar-refractivity contribution in [3.05, 3.63) is 29.3 Å².